The van der Waals surface area contributed by atoms with Crippen molar-refractivity contribution in [3.63, 3.8) is 0 Å². The fourth-order valence-corrected chi connectivity index (χ4v) is 2.42. The third-order valence-corrected chi connectivity index (χ3v) is 3.86. The summed E-state index contributed by atoms with van der Waals surface area (Å²) in [5.41, 5.74) is 0.665. The number of nitrogens with one attached hydrogen (secondary N) is 2. The molecule has 23 heavy (non-hydrogen) atoms. The van der Waals surface area contributed by atoms with Crippen molar-refractivity contribution in [3.8, 4) is 5.75 Å². The van der Waals surface area contributed by atoms with Gasteiger partial charge < -0.3 is 20.5 Å². The van der Waals surface area contributed by atoms with E-state index in [-0.39, 0.29) is 24.0 Å². The molecule has 0 aliphatic rings. The summed E-state index contributed by atoms with van der Waals surface area (Å²) < 4.78 is 5.25. The second kappa shape index (κ2) is 8.99. The Balaban J connectivity index is 2.52. The van der Waals surface area contributed by atoms with Gasteiger partial charge in [-0.3, -0.25) is 4.79 Å². The largest absolute Gasteiger partial charge is 0.495 e. The quantitative estimate of drug-likeness (QED) is 0.679. The van der Waals surface area contributed by atoms with Crippen LogP contribution in [0.3, 0.4) is 0 Å². The van der Waals surface area contributed by atoms with Crippen LogP contribution in [-0.2, 0) is 4.79 Å². The SMILES string of the molecule is COc1ccc(Cl)cc1NCCC(=O)NC(CCO)C(C)(C)C. The molecule has 0 spiro atoms. The zero-order chi connectivity index (χ0) is 17.5. The summed E-state index contributed by atoms with van der Waals surface area (Å²) in [6.07, 6.45) is 0.873. The smallest absolute Gasteiger partial charge is 0.222 e. The molecule has 0 heterocycles. The van der Waals surface area contributed by atoms with Crippen LogP contribution in [0, 0.1) is 5.41 Å². The highest BCUT2D eigenvalue weighted by atomic mass is 35.5. The Labute approximate surface area is 143 Å². The number of amides is 1. The van der Waals surface area contributed by atoms with E-state index in [2.05, 4.69) is 10.6 Å². The summed E-state index contributed by atoms with van der Waals surface area (Å²) in [4.78, 5) is 12.1. The van der Waals surface area contributed by atoms with Crippen LogP contribution in [0.1, 0.15) is 33.6 Å². The van der Waals surface area contributed by atoms with Crippen LogP contribution in [0.25, 0.3) is 0 Å². The van der Waals surface area contributed by atoms with Gasteiger partial charge in [-0.1, -0.05) is 32.4 Å². The Morgan fingerprint density at radius 1 is 1.39 bits per heavy atom. The number of hydrogen-bond acceptors (Lipinski definition) is 4. The number of ether oxygens (including phenoxy) is 1. The summed E-state index contributed by atoms with van der Waals surface area (Å²) in [5.74, 6) is 0.634. The first-order chi connectivity index (χ1) is 10.8. The van der Waals surface area contributed by atoms with Gasteiger partial charge in [0.05, 0.1) is 12.8 Å². The third kappa shape index (κ3) is 6.67. The first kappa shape index (κ1) is 19.6. The van der Waals surface area contributed by atoms with Crippen molar-refractivity contribution in [2.45, 2.75) is 39.7 Å². The van der Waals surface area contributed by atoms with Gasteiger partial charge in [0.1, 0.15) is 5.75 Å². The molecule has 0 fully saturated rings. The predicted octanol–water partition coefficient (Wildman–Crippen LogP) is 3.06. The van der Waals surface area contributed by atoms with Gasteiger partial charge in [0, 0.05) is 30.6 Å². The molecule has 1 aromatic rings. The highest BCUT2D eigenvalue weighted by molar-refractivity contribution is 6.30. The molecule has 5 nitrogen and oxygen atoms in total. The number of benzene rings is 1. The lowest BCUT2D eigenvalue weighted by atomic mass is 9.85. The molecule has 1 aromatic carbocycles. The van der Waals surface area contributed by atoms with Gasteiger partial charge in [-0.2, -0.15) is 0 Å². The first-order valence-corrected chi connectivity index (χ1v) is 8.13. The number of carbonyl (C=O) groups is 1. The maximum Gasteiger partial charge on any atom is 0.222 e. The van der Waals surface area contributed by atoms with Crippen molar-refractivity contribution in [2.75, 3.05) is 25.6 Å². The summed E-state index contributed by atoms with van der Waals surface area (Å²) >= 11 is 5.97. The van der Waals surface area contributed by atoms with Crippen LogP contribution in [0.2, 0.25) is 5.02 Å². The zero-order valence-electron chi connectivity index (χ0n) is 14.3. The van der Waals surface area contributed by atoms with Crippen molar-refractivity contribution in [2.24, 2.45) is 5.41 Å². The normalized spacial score (nSPS) is 12.6. The maximum atomic E-state index is 12.1. The van der Waals surface area contributed by atoms with E-state index in [4.69, 9.17) is 21.4 Å². The molecule has 0 saturated carbocycles. The molecule has 0 aromatic heterocycles. The van der Waals surface area contributed by atoms with Gasteiger partial charge in [-0.15, -0.1) is 0 Å². The van der Waals surface area contributed by atoms with Gasteiger partial charge >= 0.3 is 0 Å². The Morgan fingerprint density at radius 2 is 2.09 bits per heavy atom. The van der Waals surface area contributed by atoms with Crippen molar-refractivity contribution >= 4 is 23.2 Å². The molecule has 1 unspecified atom stereocenters. The summed E-state index contributed by atoms with van der Waals surface area (Å²) in [6.45, 7) is 6.66. The van der Waals surface area contributed by atoms with E-state index >= 15 is 0 Å². The standard InChI is InChI=1S/C17H27ClN2O3/c1-17(2,3)15(8-10-21)20-16(22)7-9-19-13-11-12(18)5-6-14(13)23-4/h5-6,11,15,19,21H,7-10H2,1-4H3,(H,20,22). The number of methoxy groups -OCH3 is 1. The molecule has 0 aliphatic carbocycles. The van der Waals surface area contributed by atoms with Gasteiger partial charge in [0.25, 0.3) is 0 Å². The van der Waals surface area contributed by atoms with Gasteiger partial charge in [0.2, 0.25) is 5.91 Å². The number of carbonyl (C=O) groups excluding carboxylic acids is 1. The maximum absolute atomic E-state index is 12.1. The second-order valence-electron chi connectivity index (χ2n) is 6.52. The zero-order valence-corrected chi connectivity index (χ0v) is 15.0. The van der Waals surface area contributed by atoms with Crippen molar-refractivity contribution < 1.29 is 14.6 Å². The summed E-state index contributed by atoms with van der Waals surface area (Å²) in [7, 11) is 1.59. The molecule has 0 bridgehead atoms. The highest BCUT2D eigenvalue weighted by Crippen LogP contribution is 2.27. The average Bonchev–Trinajstić information content (AvgIpc) is 2.46. The minimum absolute atomic E-state index is 0.0492. The molecule has 3 N–H and O–H groups in total. The molecule has 1 atom stereocenters. The monoisotopic (exact) mass is 342 g/mol. The molecule has 0 aliphatic heterocycles. The van der Waals surface area contributed by atoms with Gasteiger partial charge in [-0.25, -0.2) is 0 Å². The third-order valence-electron chi connectivity index (χ3n) is 3.63. The summed E-state index contributed by atoms with van der Waals surface area (Å²) in [5, 5.41) is 15.9. The molecule has 0 radical (unpaired) electrons. The Morgan fingerprint density at radius 3 is 2.65 bits per heavy atom. The van der Waals surface area contributed by atoms with Crippen molar-refractivity contribution in [1.29, 1.82) is 0 Å². The van der Waals surface area contributed by atoms with E-state index in [9.17, 15) is 4.79 Å². The number of rotatable bonds is 8. The van der Waals surface area contributed by atoms with Crippen LogP contribution in [0.4, 0.5) is 5.69 Å². The van der Waals surface area contributed by atoms with Crippen LogP contribution in [0.5, 0.6) is 5.75 Å². The molecule has 130 valence electrons. The topological polar surface area (TPSA) is 70.6 Å². The van der Waals surface area contributed by atoms with E-state index in [0.717, 1.165) is 5.69 Å². The van der Waals surface area contributed by atoms with E-state index in [1.807, 2.05) is 20.8 Å². The Bertz CT molecular complexity index is 515. The van der Waals surface area contributed by atoms with E-state index in [1.165, 1.54) is 0 Å². The van der Waals surface area contributed by atoms with E-state index < -0.39 is 0 Å². The lowest BCUT2D eigenvalue weighted by molar-refractivity contribution is -0.122. The molecule has 1 amide bonds. The fraction of sp³-hybridized carbons (Fsp3) is 0.588. The molecular formula is C17H27ClN2O3. The highest BCUT2D eigenvalue weighted by Gasteiger charge is 2.25. The van der Waals surface area contributed by atoms with Crippen molar-refractivity contribution in [1.82, 2.24) is 5.32 Å². The minimum Gasteiger partial charge on any atom is -0.495 e. The second-order valence-corrected chi connectivity index (χ2v) is 6.96. The molecular weight excluding hydrogens is 316 g/mol. The number of aliphatic hydroxyl groups is 1. The van der Waals surface area contributed by atoms with Crippen LogP contribution >= 0.6 is 11.6 Å². The van der Waals surface area contributed by atoms with Crippen molar-refractivity contribution in [3.05, 3.63) is 23.2 Å². The number of anilines is 1. The first-order valence-electron chi connectivity index (χ1n) is 7.75. The Kier molecular flexibility index (Phi) is 7.65. The number of hydrogen-bond donors (Lipinski definition) is 3. The van der Waals surface area contributed by atoms with E-state index in [1.54, 1.807) is 25.3 Å². The lowest BCUT2D eigenvalue weighted by Gasteiger charge is -2.31. The van der Waals surface area contributed by atoms with Crippen LogP contribution < -0.4 is 15.4 Å². The van der Waals surface area contributed by atoms with Gasteiger partial charge in [-0.05, 0) is 30.0 Å². The molecule has 6 heteroatoms. The lowest BCUT2D eigenvalue weighted by Crippen LogP contribution is -2.44. The molecule has 0 saturated heterocycles. The van der Waals surface area contributed by atoms with E-state index in [0.29, 0.717) is 30.2 Å². The van der Waals surface area contributed by atoms with Crippen LogP contribution in [-0.4, -0.2) is 37.3 Å². The molecule has 1 rings (SSSR count). The Hall–Kier alpha value is -1.46. The summed E-state index contributed by atoms with van der Waals surface area (Å²) in [6, 6.07) is 5.24. The fourth-order valence-electron chi connectivity index (χ4n) is 2.25. The van der Waals surface area contributed by atoms with Gasteiger partial charge in [0.15, 0.2) is 0 Å². The minimum atomic E-state index is -0.0952. The predicted molar refractivity (Wildman–Crippen MR) is 94.2 cm³/mol. The number of aliphatic hydroxyl groups excluding tert-OH is 1. The average molecular weight is 343 g/mol. The van der Waals surface area contributed by atoms with Crippen LogP contribution in [0.15, 0.2) is 18.2 Å². The number of halogens is 1.